The van der Waals surface area contributed by atoms with Crippen molar-refractivity contribution in [3.63, 3.8) is 0 Å². The van der Waals surface area contributed by atoms with Crippen molar-refractivity contribution < 1.29 is 0 Å². The first-order chi connectivity index (χ1) is 9.16. The Kier molecular flexibility index (Phi) is 4.74. The molecule has 0 amide bonds. The highest BCUT2D eigenvalue weighted by Crippen LogP contribution is 2.02. The molecule has 19 heavy (non-hydrogen) atoms. The lowest BCUT2D eigenvalue weighted by Crippen LogP contribution is -2.21. The van der Waals surface area contributed by atoms with E-state index in [-0.39, 0.29) is 0 Å². The molecule has 0 aliphatic rings. The summed E-state index contributed by atoms with van der Waals surface area (Å²) in [5.41, 5.74) is 3.61. The van der Waals surface area contributed by atoms with Gasteiger partial charge in [0.15, 0.2) is 0 Å². The molecule has 0 aliphatic heterocycles. The second-order valence-corrected chi connectivity index (χ2v) is 4.95. The summed E-state index contributed by atoms with van der Waals surface area (Å²) in [5, 5.41) is 12.1. The molecule has 2 aromatic heterocycles. The minimum absolute atomic E-state index is 0.985. The molecular weight excluding hydrogens is 238 g/mol. The maximum atomic E-state index is 4.46. The normalized spacial score (nSPS) is 11.1. The number of aryl methyl sites for hydroxylation is 4. The molecule has 2 heterocycles. The van der Waals surface area contributed by atoms with Crippen molar-refractivity contribution in [3.8, 4) is 0 Å². The van der Waals surface area contributed by atoms with Gasteiger partial charge < -0.3 is 5.32 Å². The molecule has 104 valence electrons. The summed E-state index contributed by atoms with van der Waals surface area (Å²) in [6.45, 7) is 7.15. The van der Waals surface area contributed by atoms with Crippen molar-refractivity contribution in [1.82, 2.24) is 24.9 Å². The van der Waals surface area contributed by atoms with Gasteiger partial charge in [0.25, 0.3) is 0 Å². The van der Waals surface area contributed by atoms with Crippen LogP contribution in [0.1, 0.15) is 23.5 Å². The topological polar surface area (TPSA) is 47.7 Å². The summed E-state index contributed by atoms with van der Waals surface area (Å²) in [4.78, 5) is 0. The first kappa shape index (κ1) is 13.8. The highest BCUT2D eigenvalue weighted by atomic mass is 15.3. The van der Waals surface area contributed by atoms with E-state index in [0.29, 0.717) is 0 Å². The van der Waals surface area contributed by atoms with Gasteiger partial charge in [-0.25, -0.2) is 0 Å². The summed E-state index contributed by atoms with van der Waals surface area (Å²) in [6.07, 6.45) is 3.97. The Hall–Kier alpha value is -1.62. The number of aromatic nitrogens is 4. The van der Waals surface area contributed by atoms with E-state index in [9.17, 15) is 0 Å². The van der Waals surface area contributed by atoms with Crippen LogP contribution < -0.4 is 5.32 Å². The molecule has 0 aliphatic carbocycles. The van der Waals surface area contributed by atoms with Crippen LogP contribution in [0, 0.1) is 13.8 Å². The Labute approximate surface area is 114 Å². The second-order valence-electron chi connectivity index (χ2n) is 4.95. The Morgan fingerprint density at radius 2 is 2.11 bits per heavy atom. The van der Waals surface area contributed by atoms with Crippen molar-refractivity contribution >= 4 is 0 Å². The molecule has 1 N–H and O–H groups in total. The van der Waals surface area contributed by atoms with Crippen LogP contribution in [0.2, 0.25) is 0 Å². The van der Waals surface area contributed by atoms with Crippen LogP contribution in [0.4, 0.5) is 0 Å². The maximum Gasteiger partial charge on any atom is 0.0596 e. The van der Waals surface area contributed by atoms with Crippen molar-refractivity contribution in [3.05, 3.63) is 35.4 Å². The molecule has 0 fully saturated rings. The molecular formula is C14H23N5. The third-order valence-corrected chi connectivity index (χ3v) is 3.31. The Morgan fingerprint density at radius 3 is 2.74 bits per heavy atom. The van der Waals surface area contributed by atoms with E-state index in [1.165, 1.54) is 11.4 Å². The molecule has 0 saturated carbocycles. The fourth-order valence-electron chi connectivity index (χ4n) is 2.24. The minimum atomic E-state index is 0.985. The highest BCUT2D eigenvalue weighted by molar-refractivity contribution is 5.06. The summed E-state index contributed by atoms with van der Waals surface area (Å²) in [6, 6.07) is 4.19. The SMILES string of the molecule is Cc1cc(C)n(CCCNCCc2ccnn2C)n1. The van der Waals surface area contributed by atoms with Gasteiger partial charge in [-0.15, -0.1) is 0 Å². The summed E-state index contributed by atoms with van der Waals surface area (Å²) in [5.74, 6) is 0. The Balaban J connectivity index is 1.60. The minimum Gasteiger partial charge on any atom is -0.316 e. The standard InChI is InChI=1S/C14H23N5/c1-12-11-13(2)19(17-12)10-4-7-15-8-5-14-6-9-16-18(14)3/h6,9,11,15H,4-5,7-8,10H2,1-3H3. The monoisotopic (exact) mass is 261 g/mol. The molecule has 5 nitrogen and oxygen atoms in total. The zero-order valence-electron chi connectivity index (χ0n) is 12.1. The van der Waals surface area contributed by atoms with Gasteiger partial charge >= 0.3 is 0 Å². The number of rotatable bonds is 7. The zero-order valence-corrected chi connectivity index (χ0v) is 12.1. The Morgan fingerprint density at radius 1 is 1.26 bits per heavy atom. The van der Waals surface area contributed by atoms with E-state index in [1.807, 2.05) is 24.9 Å². The maximum absolute atomic E-state index is 4.46. The van der Waals surface area contributed by atoms with Crippen molar-refractivity contribution in [2.24, 2.45) is 7.05 Å². The molecule has 0 aromatic carbocycles. The third-order valence-electron chi connectivity index (χ3n) is 3.31. The lowest BCUT2D eigenvalue weighted by molar-refractivity contribution is 0.530. The molecule has 0 saturated heterocycles. The van der Waals surface area contributed by atoms with Gasteiger partial charge in [0.1, 0.15) is 0 Å². The quantitative estimate of drug-likeness (QED) is 0.768. The molecule has 0 unspecified atom stereocenters. The van der Waals surface area contributed by atoms with Gasteiger partial charge in [-0.3, -0.25) is 9.36 Å². The van der Waals surface area contributed by atoms with Crippen LogP contribution >= 0.6 is 0 Å². The van der Waals surface area contributed by atoms with E-state index >= 15 is 0 Å². The number of nitrogens with zero attached hydrogens (tertiary/aromatic N) is 4. The van der Waals surface area contributed by atoms with Crippen LogP contribution in [0.25, 0.3) is 0 Å². The molecule has 2 aromatic rings. The predicted molar refractivity (Wildman–Crippen MR) is 76.1 cm³/mol. The van der Waals surface area contributed by atoms with E-state index < -0.39 is 0 Å². The average Bonchev–Trinajstić information content (AvgIpc) is 2.90. The number of hydrogen-bond acceptors (Lipinski definition) is 3. The third kappa shape index (κ3) is 3.92. The molecule has 0 spiro atoms. The predicted octanol–water partition coefficient (Wildman–Crippen LogP) is 1.46. The van der Waals surface area contributed by atoms with Crippen molar-refractivity contribution in [2.75, 3.05) is 13.1 Å². The van der Waals surface area contributed by atoms with Crippen molar-refractivity contribution in [2.45, 2.75) is 33.2 Å². The van der Waals surface area contributed by atoms with Crippen LogP contribution in [0.15, 0.2) is 18.3 Å². The Bertz CT molecular complexity index is 512. The highest BCUT2D eigenvalue weighted by Gasteiger charge is 2.00. The number of nitrogens with one attached hydrogen (secondary N) is 1. The van der Waals surface area contributed by atoms with Crippen molar-refractivity contribution in [1.29, 1.82) is 0 Å². The first-order valence-corrected chi connectivity index (χ1v) is 6.85. The van der Waals surface area contributed by atoms with E-state index in [4.69, 9.17) is 0 Å². The lowest BCUT2D eigenvalue weighted by Gasteiger charge is -2.06. The van der Waals surface area contributed by atoms with Crippen LogP contribution in [-0.2, 0) is 20.0 Å². The first-order valence-electron chi connectivity index (χ1n) is 6.85. The molecule has 5 heteroatoms. The van der Waals surface area contributed by atoms with E-state index in [1.54, 1.807) is 0 Å². The van der Waals surface area contributed by atoms with E-state index in [0.717, 1.165) is 38.2 Å². The van der Waals surface area contributed by atoms with Gasteiger partial charge in [0.2, 0.25) is 0 Å². The van der Waals surface area contributed by atoms with Gasteiger partial charge in [0.05, 0.1) is 5.69 Å². The van der Waals surface area contributed by atoms with Crippen LogP contribution in [0.3, 0.4) is 0 Å². The van der Waals surface area contributed by atoms with E-state index in [2.05, 4.69) is 39.3 Å². The van der Waals surface area contributed by atoms with Gasteiger partial charge in [0, 0.05) is 44.1 Å². The van der Waals surface area contributed by atoms with Gasteiger partial charge in [-0.2, -0.15) is 10.2 Å². The lowest BCUT2D eigenvalue weighted by atomic mass is 10.3. The molecule has 0 atom stereocenters. The second kappa shape index (κ2) is 6.52. The van der Waals surface area contributed by atoms with Gasteiger partial charge in [-0.1, -0.05) is 0 Å². The largest absolute Gasteiger partial charge is 0.316 e. The molecule has 0 radical (unpaired) electrons. The number of hydrogen-bond donors (Lipinski definition) is 1. The smallest absolute Gasteiger partial charge is 0.0596 e. The summed E-state index contributed by atoms with van der Waals surface area (Å²) >= 11 is 0. The van der Waals surface area contributed by atoms with Crippen LogP contribution in [0.5, 0.6) is 0 Å². The molecule has 0 bridgehead atoms. The zero-order chi connectivity index (χ0) is 13.7. The average molecular weight is 261 g/mol. The fraction of sp³-hybridized carbons (Fsp3) is 0.571. The summed E-state index contributed by atoms with van der Waals surface area (Å²) < 4.78 is 4.01. The summed E-state index contributed by atoms with van der Waals surface area (Å²) in [7, 11) is 1.98. The van der Waals surface area contributed by atoms with Crippen LogP contribution in [-0.4, -0.2) is 32.7 Å². The fourth-order valence-corrected chi connectivity index (χ4v) is 2.24. The molecule has 2 rings (SSSR count). The van der Waals surface area contributed by atoms with Gasteiger partial charge in [-0.05, 0) is 38.9 Å².